The second-order valence-corrected chi connectivity index (χ2v) is 7.88. The number of morpholine rings is 1. The fourth-order valence-electron chi connectivity index (χ4n) is 3.42. The SMILES string of the molecule is COc1ccc(CNC(=O)C(=O)N[C@H](C)[C@H](c2cccs2)N2CCOCC2)cc1. The highest BCUT2D eigenvalue weighted by atomic mass is 32.1. The third-order valence-electron chi connectivity index (χ3n) is 4.92. The van der Waals surface area contributed by atoms with Crippen LogP contribution in [0.1, 0.15) is 23.4 Å². The lowest BCUT2D eigenvalue weighted by Crippen LogP contribution is -2.51. The number of thiophene rings is 1. The molecule has 0 spiro atoms. The molecule has 7 nitrogen and oxygen atoms in total. The van der Waals surface area contributed by atoms with Gasteiger partial charge in [-0.05, 0) is 36.1 Å². The lowest BCUT2D eigenvalue weighted by molar-refractivity contribution is -0.140. The molecule has 0 aliphatic carbocycles. The molecule has 0 saturated carbocycles. The molecule has 29 heavy (non-hydrogen) atoms. The summed E-state index contributed by atoms with van der Waals surface area (Å²) < 4.78 is 10.6. The smallest absolute Gasteiger partial charge is 0.309 e. The second-order valence-electron chi connectivity index (χ2n) is 6.90. The standard InChI is InChI=1S/C21H27N3O4S/c1-15(19(18-4-3-13-29-18)24-9-11-28-12-10-24)23-21(26)20(25)22-14-16-5-7-17(27-2)8-6-16/h3-8,13,15,19H,9-12,14H2,1-2H3,(H,22,25)(H,23,26)/t15-,19-/m1/s1. The minimum Gasteiger partial charge on any atom is -0.497 e. The van der Waals surface area contributed by atoms with Gasteiger partial charge in [-0.3, -0.25) is 14.5 Å². The fourth-order valence-corrected chi connectivity index (χ4v) is 4.38. The number of carbonyl (C=O) groups is 2. The number of amides is 2. The quantitative estimate of drug-likeness (QED) is 0.673. The summed E-state index contributed by atoms with van der Waals surface area (Å²) in [7, 11) is 1.60. The number of hydrogen-bond donors (Lipinski definition) is 2. The molecule has 3 rings (SSSR count). The first kappa shape index (κ1) is 21.3. The lowest BCUT2D eigenvalue weighted by atomic mass is 10.1. The molecule has 2 amide bonds. The van der Waals surface area contributed by atoms with Gasteiger partial charge < -0.3 is 20.1 Å². The first-order valence-corrected chi connectivity index (χ1v) is 10.5. The molecule has 1 aliphatic heterocycles. The Kier molecular flexibility index (Phi) is 7.62. The summed E-state index contributed by atoms with van der Waals surface area (Å²) in [4.78, 5) is 28.2. The third kappa shape index (κ3) is 5.79. The van der Waals surface area contributed by atoms with E-state index in [9.17, 15) is 9.59 Å². The number of hydrogen-bond acceptors (Lipinski definition) is 6. The maximum Gasteiger partial charge on any atom is 0.309 e. The van der Waals surface area contributed by atoms with E-state index in [4.69, 9.17) is 9.47 Å². The van der Waals surface area contributed by atoms with Gasteiger partial charge in [0.25, 0.3) is 0 Å². The Balaban J connectivity index is 1.57. The zero-order valence-electron chi connectivity index (χ0n) is 16.7. The lowest BCUT2D eigenvalue weighted by Gasteiger charge is -2.37. The molecule has 1 aliphatic rings. The van der Waals surface area contributed by atoms with Crippen LogP contribution in [0.15, 0.2) is 41.8 Å². The zero-order chi connectivity index (χ0) is 20.6. The van der Waals surface area contributed by atoms with Crippen molar-refractivity contribution in [2.45, 2.75) is 25.6 Å². The molecule has 2 atom stereocenters. The average molecular weight is 418 g/mol. The summed E-state index contributed by atoms with van der Waals surface area (Å²) in [5, 5.41) is 7.57. The fraction of sp³-hybridized carbons (Fsp3) is 0.429. The minimum absolute atomic E-state index is 0.0113. The van der Waals surface area contributed by atoms with Gasteiger partial charge in [0.2, 0.25) is 0 Å². The van der Waals surface area contributed by atoms with Crippen LogP contribution in [0.25, 0.3) is 0 Å². The summed E-state index contributed by atoms with van der Waals surface area (Å²) in [5.74, 6) is -0.519. The zero-order valence-corrected chi connectivity index (χ0v) is 17.5. The first-order valence-electron chi connectivity index (χ1n) is 9.65. The van der Waals surface area contributed by atoms with Gasteiger partial charge in [0, 0.05) is 30.6 Å². The van der Waals surface area contributed by atoms with Crippen LogP contribution in [0, 0.1) is 0 Å². The highest BCUT2D eigenvalue weighted by Crippen LogP contribution is 2.29. The van der Waals surface area contributed by atoms with Crippen molar-refractivity contribution in [1.82, 2.24) is 15.5 Å². The van der Waals surface area contributed by atoms with Crippen LogP contribution in [0.5, 0.6) is 5.75 Å². The molecule has 2 aromatic rings. The molecule has 8 heteroatoms. The van der Waals surface area contributed by atoms with Crippen LogP contribution < -0.4 is 15.4 Å². The van der Waals surface area contributed by atoms with Crippen LogP contribution in [-0.2, 0) is 20.9 Å². The van der Waals surface area contributed by atoms with Crippen molar-refractivity contribution in [2.75, 3.05) is 33.4 Å². The Morgan fingerprint density at radius 3 is 2.52 bits per heavy atom. The predicted molar refractivity (Wildman–Crippen MR) is 112 cm³/mol. The van der Waals surface area contributed by atoms with Crippen molar-refractivity contribution < 1.29 is 19.1 Å². The van der Waals surface area contributed by atoms with E-state index in [1.165, 1.54) is 4.88 Å². The summed E-state index contributed by atoms with van der Waals surface area (Å²) in [5.41, 5.74) is 0.893. The highest BCUT2D eigenvalue weighted by molar-refractivity contribution is 7.10. The van der Waals surface area contributed by atoms with E-state index < -0.39 is 11.8 Å². The van der Waals surface area contributed by atoms with Gasteiger partial charge in [-0.25, -0.2) is 0 Å². The van der Waals surface area contributed by atoms with Crippen molar-refractivity contribution in [1.29, 1.82) is 0 Å². The third-order valence-corrected chi connectivity index (χ3v) is 5.87. The van der Waals surface area contributed by atoms with Crippen molar-refractivity contribution in [3.05, 3.63) is 52.2 Å². The van der Waals surface area contributed by atoms with Crippen molar-refractivity contribution in [3.63, 3.8) is 0 Å². The van der Waals surface area contributed by atoms with E-state index in [1.807, 2.05) is 42.6 Å². The Morgan fingerprint density at radius 2 is 1.90 bits per heavy atom. The normalized spacial score (nSPS) is 16.6. The number of ether oxygens (including phenoxy) is 2. The summed E-state index contributed by atoms with van der Waals surface area (Å²) >= 11 is 1.65. The van der Waals surface area contributed by atoms with Crippen LogP contribution in [0.4, 0.5) is 0 Å². The van der Waals surface area contributed by atoms with E-state index in [1.54, 1.807) is 18.4 Å². The molecule has 1 aromatic heterocycles. The summed E-state index contributed by atoms with van der Waals surface area (Å²) in [6.45, 7) is 5.16. The molecular formula is C21H27N3O4S. The monoisotopic (exact) mass is 417 g/mol. The molecule has 0 unspecified atom stereocenters. The van der Waals surface area contributed by atoms with Gasteiger partial charge in [0.05, 0.1) is 26.4 Å². The Bertz CT molecular complexity index is 789. The largest absolute Gasteiger partial charge is 0.497 e. The van der Waals surface area contributed by atoms with Crippen LogP contribution >= 0.6 is 11.3 Å². The summed E-state index contributed by atoms with van der Waals surface area (Å²) in [6.07, 6.45) is 0. The molecule has 1 saturated heterocycles. The molecule has 0 radical (unpaired) electrons. The predicted octanol–water partition coefficient (Wildman–Crippen LogP) is 1.95. The topological polar surface area (TPSA) is 79.9 Å². The first-order chi connectivity index (χ1) is 14.1. The van der Waals surface area contributed by atoms with Crippen LogP contribution in [0.3, 0.4) is 0 Å². The maximum absolute atomic E-state index is 12.4. The van der Waals surface area contributed by atoms with Gasteiger partial charge >= 0.3 is 11.8 Å². The van der Waals surface area contributed by atoms with E-state index in [0.717, 1.165) is 24.4 Å². The van der Waals surface area contributed by atoms with Gasteiger partial charge in [-0.1, -0.05) is 18.2 Å². The number of benzene rings is 1. The Hall–Kier alpha value is -2.42. The maximum atomic E-state index is 12.4. The molecule has 1 fully saturated rings. The molecule has 1 aromatic carbocycles. The minimum atomic E-state index is -0.639. The average Bonchev–Trinajstić information content (AvgIpc) is 3.27. The van der Waals surface area contributed by atoms with E-state index in [0.29, 0.717) is 13.2 Å². The van der Waals surface area contributed by atoms with E-state index >= 15 is 0 Å². The van der Waals surface area contributed by atoms with Crippen LogP contribution in [0.2, 0.25) is 0 Å². The van der Waals surface area contributed by atoms with Gasteiger partial charge in [-0.2, -0.15) is 0 Å². The van der Waals surface area contributed by atoms with E-state index in [2.05, 4.69) is 21.6 Å². The highest BCUT2D eigenvalue weighted by Gasteiger charge is 2.30. The number of methoxy groups -OCH3 is 1. The molecule has 2 heterocycles. The van der Waals surface area contributed by atoms with Gasteiger partial charge in [-0.15, -0.1) is 11.3 Å². The van der Waals surface area contributed by atoms with Gasteiger partial charge in [0.15, 0.2) is 0 Å². The van der Waals surface area contributed by atoms with Crippen molar-refractivity contribution in [3.8, 4) is 5.75 Å². The van der Waals surface area contributed by atoms with Crippen molar-refractivity contribution >= 4 is 23.2 Å². The van der Waals surface area contributed by atoms with Crippen molar-refractivity contribution in [2.24, 2.45) is 0 Å². The number of nitrogens with zero attached hydrogens (tertiary/aromatic N) is 1. The number of nitrogens with one attached hydrogen (secondary N) is 2. The van der Waals surface area contributed by atoms with E-state index in [-0.39, 0.29) is 18.6 Å². The van der Waals surface area contributed by atoms with Gasteiger partial charge in [0.1, 0.15) is 5.75 Å². The molecule has 0 bridgehead atoms. The molecular weight excluding hydrogens is 390 g/mol. The number of carbonyl (C=O) groups excluding carboxylic acids is 2. The molecule has 2 N–H and O–H groups in total. The molecule has 156 valence electrons. The second kappa shape index (κ2) is 10.4. The van der Waals surface area contributed by atoms with Crippen LogP contribution in [-0.4, -0.2) is 56.2 Å². The Morgan fingerprint density at radius 1 is 1.17 bits per heavy atom. The number of rotatable bonds is 7. The summed E-state index contributed by atoms with van der Waals surface area (Å²) in [6, 6.07) is 11.2. The Labute approximate surface area is 175 Å².